The van der Waals surface area contributed by atoms with Gasteiger partial charge in [-0.25, -0.2) is 0 Å². The number of rotatable bonds is 3. The molecule has 1 fully saturated rings. The van der Waals surface area contributed by atoms with Gasteiger partial charge in [0.1, 0.15) is 0 Å². The molecule has 5 nitrogen and oxygen atoms in total. The zero-order valence-corrected chi connectivity index (χ0v) is 11.3. The van der Waals surface area contributed by atoms with Gasteiger partial charge in [-0.2, -0.15) is 5.10 Å². The number of nitrogens with zero attached hydrogens (tertiary/aromatic N) is 3. The van der Waals surface area contributed by atoms with E-state index in [0.717, 1.165) is 25.1 Å². The van der Waals surface area contributed by atoms with E-state index < -0.39 is 0 Å². The highest BCUT2D eigenvalue weighted by Crippen LogP contribution is 2.24. The smallest absolute Gasteiger partial charge is 0.257 e. The molecule has 1 aromatic heterocycles. The number of hydrogen-bond acceptors (Lipinski definition) is 3. The van der Waals surface area contributed by atoms with Gasteiger partial charge in [-0.3, -0.25) is 9.48 Å². The fourth-order valence-corrected chi connectivity index (χ4v) is 2.71. The van der Waals surface area contributed by atoms with Crippen LogP contribution in [0.5, 0.6) is 0 Å². The largest absolute Gasteiger partial charge is 0.393 e. The Morgan fingerprint density at radius 3 is 2.94 bits per heavy atom. The molecule has 0 saturated carbocycles. The maximum absolute atomic E-state index is 12.5. The molecule has 2 heterocycles. The summed E-state index contributed by atoms with van der Waals surface area (Å²) in [7, 11) is 1.82. The van der Waals surface area contributed by atoms with Gasteiger partial charge in [-0.05, 0) is 33.1 Å². The molecule has 1 amide bonds. The number of aliphatic hydroxyl groups excluding tert-OH is 1. The van der Waals surface area contributed by atoms with Crippen molar-refractivity contribution in [2.75, 3.05) is 6.54 Å². The van der Waals surface area contributed by atoms with Gasteiger partial charge in [0.05, 0.1) is 17.4 Å². The molecule has 1 N–H and O–H groups in total. The van der Waals surface area contributed by atoms with Crippen LogP contribution in [-0.2, 0) is 7.05 Å². The van der Waals surface area contributed by atoms with Crippen molar-refractivity contribution < 1.29 is 9.90 Å². The van der Waals surface area contributed by atoms with E-state index in [1.165, 1.54) is 0 Å². The Hall–Kier alpha value is -1.36. The molecular formula is C13H21N3O2. The number of carbonyl (C=O) groups excluding carboxylic acids is 1. The molecule has 1 aliphatic heterocycles. The third-order valence-corrected chi connectivity index (χ3v) is 3.50. The minimum absolute atomic E-state index is 0.0451. The van der Waals surface area contributed by atoms with Crippen LogP contribution in [0.3, 0.4) is 0 Å². The van der Waals surface area contributed by atoms with Crippen molar-refractivity contribution in [3.05, 3.63) is 17.5 Å². The molecule has 0 aromatic carbocycles. The molecule has 2 atom stereocenters. The van der Waals surface area contributed by atoms with Gasteiger partial charge in [0.25, 0.3) is 5.91 Å². The van der Waals surface area contributed by atoms with Crippen LogP contribution in [0, 0.1) is 6.92 Å². The predicted octanol–water partition coefficient (Wildman–Crippen LogP) is 1.10. The van der Waals surface area contributed by atoms with Crippen molar-refractivity contribution in [2.24, 2.45) is 7.05 Å². The van der Waals surface area contributed by atoms with Crippen LogP contribution in [0.4, 0.5) is 0 Å². The molecule has 100 valence electrons. The molecular weight excluding hydrogens is 230 g/mol. The number of carbonyl (C=O) groups is 1. The fraction of sp³-hybridized carbons (Fsp3) is 0.692. The average molecular weight is 251 g/mol. The van der Waals surface area contributed by atoms with Crippen LogP contribution in [0.2, 0.25) is 0 Å². The Labute approximate surface area is 107 Å². The third-order valence-electron chi connectivity index (χ3n) is 3.50. The van der Waals surface area contributed by atoms with E-state index in [4.69, 9.17) is 0 Å². The predicted molar refractivity (Wildman–Crippen MR) is 68.3 cm³/mol. The number of amides is 1. The molecule has 2 rings (SSSR count). The van der Waals surface area contributed by atoms with E-state index >= 15 is 0 Å². The number of aliphatic hydroxyl groups is 1. The van der Waals surface area contributed by atoms with Gasteiger partial charge >= 0.3 is 0 Å². The normalized spacial score (nSPS) is 21.3. The Kier molecular flexibility index (Phi) is 3.71. The highest BCUT2D eigenvalue weighted by molar-refractivity contribution is 5.95. The second-order valence-electron chi connectivity index (χ2n) is 5.18. The van der Waals surface area contributed by atoms with E-state index in [1.54, 1.807) is 17.8 Å². The molecule has 1 aliphatic rings. The molecule has 18 heavy (non-hydrogen) atoms. The summed E-state index contributed by atoms with van der Waals surface area (Å²) in [4.78, 5) is 14.3. The van der Waals surface area contributed by atoms with Crippen LogP contribution >= 0.6 is 0 Å². The highest BCUT2D eigenvalue weighted by atomic mass is 16.3. The Morgan fingerprint density at radius 2 is 2.39 bits per heavy atom. The summed E-state index contributed by atoms with van der Waals surface area (Å²) in [6.07, 6.45) is 4.07. The van der Waals surface area contributed by atoms with Crippen molar-refractivity contribution >= 4 is 5.91 Å². The molecule has 0 spiro atoms. The van der Waals surface area contributed by atoms with Gasteiger partial charge in [-0.15, -0.1) is 0 Å². The van der Waals surface area contributed by atoms with Gasteiger partial charge in [0.15, 0.2) is 0 Å². The van der Waals surface area contributed by atoms with Crippen molar-refractivity contribution in [3.8, 4) is 0 Å². The summed E-state index contributed by atoms with van der Waals surface area (Å²) >= 11 is 0. The van der Waals surface area contributed by atoms with Crippen molar-refractivity contribution in [1.82, 2.24) is 14.7 Å². The van der Waals surface area contributed by atoms with Crippen LogP contribution < -0.4 is 0 Å². The molecule has 1 aromatic rings. The van der Waals surface area contributed by atoms with Gasteiger partial charge in [-0.1, -0.05) is 0 Å². The zero-order valence-electron chi connectivity index (χ0n) is 11.3. The molecule has 0 aliphatic carbocycles. The maximum Gasteiger partial charge on any atom is 0.257 e. The lowest BCUT2D eigenvalue weighted by Gasteiger charge is -2.25. The molecule has 0 radical (unpaired) electrons. The first-order chi connectivity index (χ1) is 8.49. The standard InChI is InChI=1S/C13H21N3O2/c1-9(17)7-11-5-4-6-16(11)13(18)12-8-15(3)14-10(12)2/h8-9,11,17H,4-7H2,1-3H3. The summed E-state index contributed by atoms with van der Waals surface area (Å²) in [6, 6.07) is 0.164. The second-order valence-corrected chi connectivity index (χ2v) is 5.18. The van der Waals surface area contributed by atoms with Crippen LogP contribution in [0.25, 0.3) is 0 Å². The van der Waals surface area contributed by atoms with E-state index in [-0.39, 0.29) is 18.1 Å². The van der Waals surface area contributed by atoms with Gasteiger partial charge in [0.2, 0.25) is 0 Å². The lowest BCUT2D eigenvalue weighted by atomic mass is 10.1. The van der Waals surface area contributed by atoms with Gasteiger partial charge < -0.3 is 10.0 Å². The van der Waals surface area contributed by atoms with Crippen LogP contribution in [0.15, 0.2) is 6.20 Å². The Morgan fingerprint density at radius 1 is 1.67 bits per heavy atom. The first-order valence-corrected chi connectivity index (χ1v) is 6.48. The Bertz CT molecular complexity index is 439. The van der Waals surface area contributed by atoms with E-state index in [2.05, 4.69) is 5.10 Å². The summed E-state index contributed by atoms with van der Waals surface area (Å²) < 4.78 is 1.67. The third kappa shape index (κ3) is 2.56. The lowest BCUT2D eigenvalue weighted by Crippen LogP contribution is -2.37. The average Bonchev–Trinajstić information content (AvgIpc) is 2.83. The van der Waals surface area contributed by atoms with Crippen molar-refractivity contribution in [3.63, 3.8) is 0 Å². The number of aryl methyl sites for hydroxylation is 2. The summed E-state index contributed by atoms with van der Waals surface area (Å²) in [5.74, 6) is 0.0451. The molecule has 2 unspecified atom stereocenters. The second kappa shape index (κ2) is 5.10. The summed E-state index contributed by atoms with van der Waals surface area (Å²) in [6.45, 7) is 4.41. The maximum atomic E-state index is 12.5. The number of likely N-dealkylation sites (tertiary alicyclic amines) is 1. The SMILES string of the molecule is Cc1nn(C)cc1C(=O)N1CCCC1CC(C)O. The lowest BCUT2D eigenvalue weighted by molar-refractivity contribution is 0.0681. The molecule has 1 saturated heterocycles. The topological polar surface area (TPSA) is 58.4 Å². The van der Waals surface area contributed by atoms with Crippen LogP contribution in [0.1, 0.15) is 42.2 Å². The summed E-state index contributed by atoms with van der Waals surface area (Å²) in [5, 5.41) is 13.7. The van der Waals surface area contributed by atoms with E-state index in [0.29, 0.717) is 12.0 Å². The minimum atomic E-state index is -0.363. The van der Waals surface area contributed by atoms with Crippen LogP contribution in [-0.4, -0.2) is 44.4 Å². The fourth-order valence-electron chi connectivity index (χ4n) is 2.71. The number of hydrogen-bond donors (Lipinski definition) is 1. The number of aromatic nitrogens is 2. The van der Waals surface area contributed by atoms with E-state index in [9.17, 15) is 9.90 Å². The van der Waals surface area contributed by atoms with Crippen molar-refractivity contribution in [1.29, 1.82) is 0 Å². The van der Waals surface area contributed by atoms with Crippen molar-refractivity contribution in [2.45, 2.75) is 45.3 Å². The quantitative estimate of drug-likeness (QED) is 0.875. The Balaban J connectivity index is 2.15. The first kappa shape index (κ1) is 13.1. The van der Waals surface area contributed by atoms with Gasteiger partial charge in [0, 0.05) is 25.8 Å². The first-order valence-electron chi connectivity index (χ1n) is 6.48. The highest BCUT2D eigenvalue weighted by Gasteiger charge is 2.31. The van der Waals surface area contributed by atoms with E-state index in [1.807, 2.05) is 18.9 Å². The monoisotopic (exact) mass is 251 g/mol. The minimum Gasteiger partial charge on any atom is -0.393 e. The zero-order chi connectivity index (χ0) is 13.3. The molecule has 5 heteroatoms. The summed E-state index contributed by atoms with van der Waals surface area (Å²) in [5.41, 5.74) is 1.44. The molecule has 0 bridgehead atoms.